The summed E-state index contributed by atoms with van der Waals surface area (Å²) in [7, 11) is -6.98. The van der Waals surface area contributed by atoms with Crippen LogP contribution >= 0.6 is 0 Å². The van der Waals surface area contributed by atoms with E-state index >= 15 is 0 Å². The summed E-state index contributed by atoms with van der Waals surface area (Å²) >= 11 is 0. The van der Waals surface area contributed by atoms with Gasteiger partial charge in [-0.05, 0) is 31.0 Å². The molecule has 8 heteroatoms. The Morgan fingerprint density at radius 3 is 2.33 bits per heavy atom. The van der Waals surface area contributed by atoms with E-state index < -0.39 is 25.1 Å². The van der Waals surface area contributed by atoms with E-state index in [4.69, 9.17) is 0 Å². The molecular formula is C10H13NO5S2. The first kappa shape index (κ1) is 13.2. The molecule has 1 aromatic carbocycles. The second kappa shape index (κ2) is 4.13. The maximum atomic E-state index is 11.7. The summed E-state index contributed by atoms with van der Waals surface area (Å²) in [6.45, 7) is 0. The average Bonchev–Trinajstić information content (AvgIpc) is 3.02. The van der Waals surface area contributed by atoms with Crippen molar-refractivity contribution in [3.63, 3.8) is 0 Å². The number of sulfone groups is 1. The summed E-state index contributed by atoms with van der Waals surface area (Å²) < 4.78 is 48.3. The molecule has 1 aliphatic carbocycles. The topological polar surface area (TPSA) is 101 Å². The summed E-state index contributed by atoms with van der Waals surface area (Å²) in [5.74, 6) is -0.299. The van der Waals surface area contributed by atoms with Gasteiger partial charge >= 0.3 is 0 Å². The van der Waals surface area contributed by atoms with Gasteiger partial charge in [-0.1, -0.05) is 0 Å². The lowest BCUT2D eigenvalue weighted by atomic mass is 10.3. The number of aromatic hydroxyl groups is 1. The molecule has 0 saturated heterocycles. The van der Waals surface area contributed by atoms with Crippen molar-refractivity contribution in [1.82, 2.24) is 0 Å². The van der Waals surface area contributed by atoms with Crippen LogP contribution in [0.5, 0.6) is 5.75 Å². The van der Waals surface area contributed by atoms with Crippen molar-refractivity contribution in [1.29, 1.82) is 0 Å². The quantitative estimate of drug-likeness (QED) is 0.795. The lowest BCUT2D eigenvalue weighted by Gasteiger charge is -2.10. The smallest absolute Gasteiger partial charge is 0.235 e. The Morgan fingerprint density at radius 1 is 1.22 bits per heavy atom. The van der Waals surface area contributed by atoms with Gasteiger partial charge in [-0.3, -0.25) is 4.72 Å². The van der Waals surface area contributed by atoms with E-state index in [0.717, 1.165) is 18.4 Å². The fraction of sp³-hybridized carbons (Fsp3) is 0.400. The van der Waals surface area contributed by atoms with Gasteiger partial charge in [0.25, 0.3) is 0 Å². The van der Waals surface area contributed by atoms with Crippen LogP contribution in [0.4, 0.5) is 5.69 Å². The zero-order valence-corrected chi connectivity index (χ0v) is 11.3. The molecule has 0 radical (unpaired) electrons. The standard InChI is InChI=1S/C10H13NO5S2/c1-17(13,14)8-4-5-10(12)9(6-8)11-18(15,16)7-2-3-7/h4-7,11-12H,2-3H2,1H3. The fourth-order valence-electron chi connectivity index (χ4n) is 1.44. The maximum Gasteiger partial charge on any atom is 0.235 e. The van der Waals surface area contributed by atoms with Crippen LogP contribution in [-0.2, 0) is 19.9 Å². The molecule has 100 valence electrons. The molecule has 0 atom stereocenters. The zero-order valence-electron chi connectivity index (χ0n) is 9.62. The van der Waals surface area contributed by atoms with E-state index in [1.54, 1.807) is 0 Å². The molecule has 0 aromatic heterocycles. The van der Waals surface area contributed by atoms with Crippen molar-refractivity contribution in [3.8, 4) is 5.75 Å². The van der Waals surface area contributed by atoms with Gasteiger partial charge in [0.05, 0.1) is 15.8 Å². The fourth-order valence-corrected chi connectivity index (χ4v) is 3.48. The molecule has 0 spiro atoms. The van der Waals surface area contributed by atoms with Gasteiger partial charge in [-0.15, -0.1) is 0 Å². The minimum atomic E-state index is -3.53. The molecule has 1 fully saturated rings. The Bertz CT molecular complexity index is 674. The SMILES string of the molecule is CS(=O)(=O)c1ccc(O)c(NS(=O)(=O)C2CC2)c1. The summed E-state index contributed by atoms with van der Waals surface area (Å²) in [6.07, 6.45) is 2.18. The second-order valence-corrected chi connectivity index (χ2v) is 8.27. The van der Waals surface area contributed by atoms with Crippen molar-refractivity contribution in [2.75, 3.05) is 11.0 Å². The molecule has 6 nitrogen and oxygen atoms in total. The highest BCUT2D eigenvalue weighted by atomic mass is 32.2. The number of hydrogen-bond acceptors (Lipinski definition) is 5. The lowest BCUT2D eigenvalue weighted by molar-refractivity contribution is 0.477. The molecule has 0 unspecified atom stereocenters. The predicted molar refractivity (Wildman–Crippen MR) is 66.8 cm³/mol. The van der Waals surface area contributed by atoms with Gasteiger partial charge in [0, 0.05) is 6.26 Å². The molecule has 0 amide bonds. The first-order chi connectivity index (χ1) is 8.20. The first-order valence-electron chi connectivity index (χ1n) is 5.25. The predicted octanol–water partition coefficient (Wildman–Crippen LogP) is 0.700. The highest BCUT2D eigenvalue weighted by Gasteiger charge is 2.36. The minimum absolute atomic E-state index is 0.0474. The number of benzene rings is 1. The molecule has 0 aliphatic heterocycles. The van der Waals surface area contributed by atoms with Gasteiger partial charge in [0.15, 0.2) is 9.84 Å². The first-order valence-corrected chi connectivity index (χ1v) is 8.68. The average molecular weight is 291 g/mol. The Morgan fingerprint density at radius 2 is 1.83 bits per heavy atom. The Kier molecular flexibility index (Phi) is 3.02. The molecule has 0 bridgehead atoms. The molecule has 2 N–H and O–H groups in total. The summed E-state index contributed by atoms with van der Waals surface area (Å²) in [5, 5.41) is 9.10. The summed E-state index contributed by atoms with van der Waals surface area (Å²) in [5.41, 5.74) is -0.107. The molecule has 1 aromatic rings. The number of sulfonamides is 1. The Balaban J connectivity index is 2.38. The van der Waals surface area contributed by atoms with E-state index in [-0.39, 0.29) is 16.3 Å². The van der Waals surface area contributed by atoms with Gasteiger partial charge in [-0.2, -0.15) is 0 Å². The molecule has 0 heterocycles. The van der Waals surface area contributed by atoms with Crippen molar-refractivity contribution in [2.24, 2.45) is 0 Å². The minimum Gasteiger partial charge on any atom is -0.506 e. The number of rotatable bonds is 4. The van der Waals surface area contributed by atoms with Gasteiger partial charge in [0.2, 0.25) is 10.0 Å². The van der Waals surface area contributed by atoms with Crippen molar-refractivity contribution < 1.29 is 21.9 Å². The molecule has 1 aliphatic rings. The van der Waals surface area contributed by atoms with Gasteiger partial charge in [-0.25, -0.2) is 16.8 Å². The van der Waals surface area contributed by atoms with Gasteiger partial charge in [0.1, 0.15) is 5.75 Å². The van der Waals surface area contributed by atoms with Crippen molar-refractivity contribution in [2.45, 2.75) is 23.0 Å². The van der Waals surface area contributed by atoms with Crippen LogP contribution in [0, 0.1) is 0 Å². The third-order valence-corrected chi connectivity index (χ3v) is 5.58. The summed E-state index contributed by atoms with van der Waals surface area (Å²) in [4.78, 5) is -0.0474. The Hall–Kier alpha value is -1.28. The highest BCUT2D eigenvalue weighted by molar-refractivity contribution is 7.93. The van der Waals surface area contributed by atoms with Crippen LogP contribution in [0.25, 0.3) is 0 Å². The van der Waals surface area contributed by atoms with E-state index in [2.05, 4.69) is 4.72 Å². The molecule has 2 rings (SSSR count). The third-order valence-electron chi connectivity index (χ3n) is 2.61. The normalized spacial score (nSPS) is 16.5. The zero-order chi connectivity index (χ0) is 13.6. The molecular weight excluding hydrogens is 278 g/mol. The number of nitrogens with one attached hydrogen (secondary N) is 1. The van der Waals surface area contributed by atoms with Crippen LogP contribution in [0.2, 0.25) is 0 Å². The van der Waals surface area contributed by atoms with E-state index in [1.165, 1.54) is 6.07 Å². The maximum absolute atomic E-state index is 11.7. The number of phenols is 1. The van der Waals surface area contributed by atoms with Crippen molar-refractivity contribution in [3.05, 3.63) is 18.2 Å². The number of anilines is 1. The Labute approximate surface area is 106 Å². The van der Waals surface area contributed by atoms with Crippen LogP contribution in [0.1, 0.15) is 12.8 Å². The highest BCUT2D eigenvalue weighted by Crippen LogP contribution is 2.33. The monoisotopic (exact) mass is 291 g/mol. The number of phenolic OH excluding ortho intramolecular Hbond substituents is 1. The van der Waals surface area contributed by atoms with Gasteiger partial charge < -0.3 is 5.11 Å². The van der Waals surface area contributed by atoms with Crippen LogP contribution in [0.3, 0.4) is 0 Å². The third kappa shape index (κ3) is 2.75. The number of hydrogen-bond donors (Lipinski definition) is 2. The molecule has 1 saturated carbocycles. The summed E-state index contributed by atoms with van der Waals surface area (Å²) in [6, 6.07) is 3.49. The van der Waals surface area contributed by atoms with Crippen LogP contribution < -0.4 is 4.72 Å². The van der Waals surface area contributed by atoms with Crippen molar-refractivity contribution >= 4 is 25.5 Å². The second-order valence-electron chi connectivity index (χ2n) is 4.30. The molecule has 18 heavy (non-hydrogen) atoms. The van der Waals surface area contributed by atoms with Crippen LogP contribution in [0.15, 0.2) is 23.1 Å². The van der Waals surface area contributed by atoms with E-state index in [1.807, 2.05) is 0 Å². The van der Waals surface area contributed by atoms with E-state index in [0.29, 0.717) is 12.8 Å². The lowest BCUT2D eigenvalue weighted by Crippen LogP contribution is -2.17. The van der Waals surface area contributed by atoms with Crippen LogP contribution in [-0.4, -0.2) is 33.4 Å². The largest absolute Gasteiger partial charge is 0.506 e. The van der Waals surface area contributed by atoms with E-state index in [9.17, 15) is 21.9 Å².